The van der Waals surface area contributed by atoms with Gasteiger partial charge in [-0.1, -0.05) is 76.1 Å². The van der Waals surface area contributed by atoms with Gasteiger partial charge in [-0.05, 0) is 49.2 Å². The second kappa shape index (κ2) is 12.2. The zero-order chi connectivity index (χ0) is 23.6. The summed E-state index contributed by atoms with van der Waals surface area (Å²) in [5.41, 5.74) is 3.09. The van der Waals surface area contributed by atoms with Crippen LogP contribution in [0.1, 0.15) is 23.6 Å². The molecule has 3 aromatic rings. The zero-order valence-electron chi connectivity index (χ0n) is 19.0. The van der Waals surface area contributed by atoms with Gasteiger partial charge in [0.1, 0.15) is 11.8 Å². The molecule has 0 saturated heterocycles. The summed E-state index contributed by atoms with van der Waals surface area (Å²) in [5.74, 6) is 0.176. The fraction of sp³-hybridized carbons (Fsp3) is 0.259. The van der Waals surface area contributed by atoms with Gasteiger partial charge in [0, 0.05) is 24.0 Å². The van der Waals surface area contributed by atoms with E-state index in [9.17, 15) is 9.59 Å². The molecule has 1 atom stereocenters. The van der Waals surface area contributed by atoms with Crippen molar-refractivity contribution in [1.29, 1.82) is 0 Å². The van der Waals surface area contributed by atoms with E-state index in [0.29, 0.717) is 25.3 Å². The summed E-state index contributed by atoms with van der Waals surface area (Å²) in [6, 6.07) is 24.4. The maximum absolute atomic E-state index is 13.4. The first-order valence-electron chi connectivity index (χ1n) is 11.0. The molecule has 0 aromatic heterocycles. The minimum atomic E-state index is -0.658. The summed E-state index contributed by atoms with van der Waals surface area (Å²) in [7, 11) is 0. The Bertz CT molecular complexity index is 1040. The summed E-state index contributed by atoms with van der Waals surface area (Å²) in [6.45, 7) is 4.55. The Kier molecular flexibility index (Phi) is 9.07. The van der Waals surface area contributed by atoms with E-state index in [1.807, 2.05) is 80.6 Å². The summed E-state index contributed by atoms with van der Waals surface area (Å²) >= 11 is 3.40. The van der Waals surface area contributed by atoms with Gasteiger partial charge in [-0.2, -0.15) is 0 Å². The van der Waals surface area contributed by atoms with E-state index in [4.69, 9.17) is 4.74 Å². The monoisotopic (exact) mass is 508 g/mol. The van der Waals surface area contributed by atoms with Crippen molar-refractivity contribution in [2.75, 3.05) is 13.2 Å². The molecule has 0 aliphatic heterocycles. The summed E-state index contributed by atoms with van der Waals surface area (Å²) in [4.78, 5) is 28.1. The van der Waals surface area contributed by atoms with Crippen molar-refractivity contribution in [3.05, 3.63) is 100 Å². The molecule has 33 heavy (non-hydrogen) atoms. The highest BCUT2D eigenvalue weighted by Gasteiger charge is 2.30. The van der Waals surface area contributed by atoms with Crippen molar-refractivity contribution in [3.8, 4) is 5.75 Å². The van der Waals surface area contributed by atoms with Crippen LogP contribution in [0, 0.1) is 6.92 Å². The topological polar surface area (TPSA) is 58.6 Å². The maximum Gasteiger partial charge on any atom is 0.261 e. The average Bonchev–Trinajstić information content (AvgIpc) is 2.82. The number of nitrogens with zero attached hydrogens (tertiary/aromatic N) is 1. The van der Waals surface area contributed by atoms with Crippen LogP contribution < -0.4 is 10.1 Å². The number of rotatable bonds is 10. The quantitative estimate of drug-likeness (QED) is 0.423. The number of carbonyl (C=O) groups is 2. The molecule has 5 nitrogen and oxygen atoms in total. The molecule has 3 rings (SSSR count). The van der Waals surface area contributed by atoms with E-state index in [2.05, 4.69) is 21.2 Å². The lowest BCUT2D eigenvalue weighted by Gasteiger charge is -2.31. The molecule has 6 heteroatoms. The number of hydrogen-bond acceptors (Lipinski definition) is 3. The van der Waals surface area contributed by atoms with E-state index in [-0.39, 0.29) is 18.4 Å². The number of ether oxygens (including phenoxy) is 1. The van der Waals surface area contributed by atoms with Crippen molar-refractivity contribution in [3.63, 3.8) is 0 Å². The highest BCUT2D eigenvalue weighted by atomic mass is 79.9. The first kappa shape index (κ1) is 24.5. The molecule has 172 valence electrons. The van der Waals surface area contributed by atoms with Gasteiger partial charge in [0.15, 0.2) is 6.61 Å². The van der Waals surface area contributed by atoms with E-state index in [1.165, 1.54) is 0 Å². The summed E-state index contributed by atoms with van der Waals surface area (Å²) in [5, 5.41) is 2.90. The van der Waals surface area contributed by atoms with Crippen LogP contribution >= 0.6 is 15.9 Å². The standard InChI is InChI=1S/C27H29BrN2O3/c1-3-29-27(32)25(17-21-7-5-4-6-8-21)30(18-22-11-9-20(2)10-12-22)26(31)19-33-24-15-13-23(28)14-16-24/h4-16,25H,3,17-19H2,1-2H3,(H,29,32). The number of hydrogen-bond donors (Lipinski definition) is 1. The van der Waals surface area contributed by atoms with Gasteiger partial charge in [-0.15, -0.1) is 0 Å². The van der Waals surface area contributed by atoms with Crippen LogP contribution in [-0.2, 0) is 22.6 Å². The third-order valence-corrected chi connectivity index (χ3v) is 5.80. The smallest absolute Gasteiger partial charge is 0.261 e. The number of aryl methyl sites for hydroxylation is 1. The van der Waals surface area contributed by atoms with Gasteiger partial charge in [0.2, 0.25) is 5.91 Å². The van der Waals surface area contributed by atoms with Gasteiger partial charge >= 0.3 is 0 Å². The fourth-order valence-corrected chi connectivity index (χ4v) is 3.76. The largest absolute Gasteiger partial charge is 0.484 e. The maximum atomic E-state index is 13.4. The van der Waals surface area contributed by atoms with Crippen LogP contribution in [-0.4, -0.2) is 35.9 Å². The van der Waals surface area contributed by atoms with E-state index < -0.39 is 6.04 Å². The van der Waals surface area contributed by atoms with Gasteiger partial charge in [0.05, 0.1) is 0 Å². The molecule has 1 N–H and O–H groups in total. The van der Waals surface area contributed by atoms with E-state index in [0.717, 1.165) is 21.2 Å². The summed E-state index contributed by atoms with van der Waals surface area (Å²) < 4.78 is 6.69. The van der Waals surface area contributed by atoms with Gasteiger partial charge < -0.3 is 15.0 Å². The van der Waals surface area contributed by atoms with Crippen LogP contribution in [0.25, 0.3) is 0 Å². The molecular weight excluding hydrogens is 480 g/mol. The first-order valence-corrected chi connectivity index (χ1v) is 11.8. The van der Waals surface area contributed by atoms with E-state index in [1.54, 1.807) is 17.0 Å². The molecule has 0 heterocycles. The second-order valence-corrected chi connectivity index (χ2v) is 8.77. The molecular formula is C27H29BrN2O3. The Morgan fingerprint density at radius 3 is 2.24 bits per heavy atom. The average molecular weight is 509 g/mol. The SMILES string of the molecule is CCNC(=O)C(Cc1ccccc1)N(Cc1ccc(C)cc1)C(=O)COc1ccc(Br)cc1. The molecule has 0 aliphatic rings. The van der Waals surface area contributed by atoms with Crippen molar-refractivity contribution < 1.29 is 14.3 Å². The van der Waals surface area contributed by atoms with Crippen molar-refractivity contribution in [2.45, 2.75) is 32.9 Å². The van der Waals surface area contributed by atoms with Gasteiger partial charge in [-0.3, -0.25) is 9.59 Å². The number of halogens is 1. The number of carbonyl (C=O) groups excluding carboxylic acids is 2. The predicted octanol–water partition coefficient (Wildman–Crippen LogP) is 4.91. The molecule has 0 bridgehead atoms. The summed E-state index contributed by atoms with van der Waals surface area (Å²) in [6.07, 6.45) is 0.419. The Hall–Kier alpha value is -3.12. The minimum Gasteiger partial charge on any atom is -0.484 e. The highest BCUT2D eigenvalue weighted by molar-refractivity contribution is 9.10. The number of benzene rings is 3. The van der Waals surface area contributed by atoms with Crippen LogP contribution in [0.2, 0.25) is 0 Å². The number of nitrogens with one attached hydrogen (secondary N) is 1. The molecule has 1 unspecified atom stereocenters. The van der Waals surface area contributed by atoms with Crippen molar-refractivity contribution in [2.24, 2.45) is 0 Å². The molecule has 0 spiro atoms. The molecule has 0 radical (unpaired) electrons. The number of amides is 2. The Balaban J connectivity index is 1.87. The lowest BCUT2D eigenvalue weighted by molar-refractivity contribution is -0.142. The van der Waals surface area contributed by atoms with E-state index >= 15 is 0 Å². The van der Waals surface area contributed by atoms with Crippen LogP contribution in [0.4, 0.5) is 0 Å². The molecule has 0 saturated carbocycles. The molecule has 3 aromatic carbocycles. The lowest BCUT2D eigenvalue weighted by atomic mass is 10.0. The van der Waals surface area contributed by atoms with Gasteiger partial charge in [0.25, 0.3) is 5.91 Å². The number of likely N-dealkylation sites (N-methyl/N-ethyl adjacent to an activating group) is 1. The zero-order valence-corrected chi connectivity index (χ0v) is 20.5. The van der Waals surface area contributed by atoms with Crippen LogP contribution in [0.5, 0.6) is 5.75 Å². The Labute approximate surface area is 203 Å². The normalized spacial score (nSPS) is 11.5. The molecule has 0 fully saturated rings. The lowest BCUT2D eigenvalue weighted by Crippen LogP contribution is -2.51. The first-order chi connectivity index (χ1) is 16.0. The third kappa shape index (κ3) is 7.46. The predicted molar refractivity (Wildman–Crippen MR) is 134 cm³/mol. The van der Waals surface area contributed by atoms with Crippen LogP contribution in [0.15, 0.2) is 83.3 Å². The molecule has 2 amide bonds. The van der Waals surface area contributed by atoms with Crippen molar-refractivity contribution >= 4 is 27.7 Å². The Morgan fingerprint density at radius 2 is 1.61 bits per heavy atom. The minimum absolute atomic E-state index is 0.155. The second-order valence-electron chi connectivity index (χ2n) is 7.85. The van der Waals surface area contributed by atoms with Crippen LogP contribution in [0.3, 0.4) is 0 Å². The third-order valence-electron chi connectivity index (χ3n) is 5.27. The highest BCUT2D eigenvalue weighted by Crippen LogP contribution is 2.18. The van der Waals surface area contributed by atoms with Gasteiger partial charge in [-0.25, -0.2) is 0 Å². The van der Waals surface area contributed by atoms with Crippen molar-refractivity contribution in [1.82, 2.24) is 10.2 Å². The molecule has 0 aliphatic carbocycles. The Morgan fingerprint density at radius 1 is 0.939 bits per heavy atom. The fourth-order valence-electron chi connectivity index (χ4n) is 3.49.